The summed E-state index contributed by atoms with van der Waals surface area (Å²) in [5.74, 6) is -1.70. The van der Waals surface area contributed by atoms with Gasteiger partial charge in [0.05, 0.1) is 5.92 Å². The van der Waals surface area contributed by atoms with Crippen molar-refractivity contribution in [1.29, 1.82) is 0 Å². The summed E-state index contributed by atoms with van der Waals surface area (Å²) in [5, 5.41) is 11.6. The van der Waals surface area contributed by atoms with E-state index >= 15 is 0 Å². The summed E-state index contributed by atoms with van der Waals surface area (Å²) in [4.78, 5) is 37.0. The molecule has 4 rings (SSSR count). The van der Waals surface area contributed by atoms with E-state index in [1.165, 1.54) is 12.0 Å². The number of benzene rings is 2. The zero-order valence-corrected chi connectivity index (χ0v) is 17.8. The third-order valence-corrected chi connectivity index (χ3v) is 6.12. The van der Waals surface area contributed by atoms with Crippen LogP contribution in [-0.2, 0) is 19.1 Å². The molecular formula is C24H26N2O6. The fourth-order valence-electron chi connectivity index (χ4n) is 4.32. The first-order valence-corrected chi connectivity index (χ1v) is 10.6. The molecule has 1 aliphatic carbocycles. The van der Waals surface area contributed by atoms with Gasteiger partial charge in [-0.3, -0.25) is 9.59 Å². The Bertz CT molecular complexity index is 972. The fourth-order valence-corrected chi connectivity index (χ4v) is 4.32. The Morgan fingerprint density at radius 1 is 1.06 bits per heavy atom. The standard InChI is InChI=1S/C24H26N2O6/c1-31-21(22(27)26-12-15(13-26)23(28)29)10-11-25-24(30)32-14-20-18-8-4-2-6-16(18)17-7-3-5-9-19(17)20/h2-9,15,20-21H,10-14H2,1H3,(H,25,30)(H,28,29). The van der Waals surface area contributed by atoms with Crippen LogP contribution in [0, 0.1) is 5.92 Å². The summed E-state index contributed by atoms with van der Waals surface area (Å²) in [6.07, 6.45) is -1.02. The predicted octanol–water partition coefficient (Wildman–Crippen LogP) is 2.47. The van der Waals surface area contributed by atoms with Crippen LogP contribution in [0.3, 0.4) is 0 Å². The summed E-state index contributed by atoms with van der Waals surface area (Å²) in [7, 11) is 1.42. The van der Waals surface area contributed by atoms with Crippen molar-refractivity contribution in [1.82, 2.24) is 10.2 Å². The van der Waals surface area contributed by atoms with E-state index in [0.29, 0.717) is 0 Å². The second kappa shape index (κ2) is 9.40. The van der Waals surface area contributed by atoms with Gasteiger partial charge in [0.15, 0.2) is 0 Å². The fraction of sp³-hybridized carbons (Fsp3) is 0.375. The Hall–Kier alpha value is -3.39. The number of nitrogens with one attached hydrogen (secondary N) is 1. The highest BCUT2D eigenvalue weighted by Gasteiger charge is 2.38. The van der Waals surface area contributed by atoms with Gasteiger partial charge in [0, 0.05) is 39.1 Å². The van der Waals surface area contributed by atoms with Crippen LogP contribution in [-0.4, -0.2) is 67.4 Å². The SMILES string of the molecule is COC(CCNC(=O)OCC1c2ccccc2-c2ccccc21)C(=O)N1CC(C(=O)O)C1. The lowest BCUT2D eigenvalue weighted by molar-refractivity contribution is -0.158. The number of alkyl carbamates (subject to hydrolysis) is 1. The van der Waals surface area contributed by atoms with Crippen molar-refractivity contribution in [2.45, 2.75) is 18.4 Å². The largest absolute Gasteiger partial charge is 0.481 e. The minimum absolute atomic E-state index is 0.0185. The zero-order chi connectivity index (χ0) is 22.7. The molecule has 1 aliphatic heterocycles. The molecule has 2 N–H and O–H groups in total. The van der Waals surface area contributed by atoms with Gasteiger partial charge < -0.3 is 24.8 Å². The second-order valence-corrected chi connectivity index (χ2v) is 8.04. The number of likely N-dealkylation sites (tertiary alicyclic amines) is 1. The first-order valence-electron chi connectivity index (χ1n) is 10.6. The average molecular weight is 438 g/mol. The zero-order valence-electron chi connectivity index (χ0n) is 17.8. The molecule has 0 bridgehead atoms. The molecule has 2 aromatic rings. The molecule has 8 heteroatoms. The molecule has 0 aromatic heterocycles. The van der Waals surface area contributed by atoms with Crippen molar-refractivity contribution in [3.05, 3.63) is 59.7 Å². The van der Waals surface area contributed by atoms with Crippen LogP contribution in [0.2, 0.25) is 0 Å². The van der Waals surface area contributed by atoms with E-state index in [9.17, 15) is 14.4 Å². The number of hydrogen-bond donors (Lipinski definition) is 2. The molecule has 2 aromatic carbocycles. The van der Waals surface area contributed by atoms with Gasteiger partial charge in [0.25, 0.3) is 5.91 Å². The number of nitrogens with zero attached hydrogens (tertiary/aromatic N) is 1. The second-order valence-electron chi connectivity index (χ2n) is 8.04. The smallest absolute Gasteiger partial charge is 0.407 e. The Morgan fingerprint density at radius 3 is 2.22 bits per heavy atom. The first kappa shape index (κ1) is 21.8. The van der Waals surface area contributed by atoms with Crippen LogP contribution >= 0.6 is 0 Å². The maximum absolute atomic E-state index is 12.4. The summed E-state index contributed by atoms with van der Waals surface area (Å²) >= 11 is 0. The third kappa shape index (κ3) is 4.31. The van der Waals surface area contributed by atoms with Crippen molar-refractivity contribution in [2.75, 3.05) is 33.4 Å². The van der Waals surface area contributed by atoms with Crippen molar-refractivity contribution in [3.63, 3.8) is 0 Å². The van der Waals surface area contributed by atoms with Crippen molar-refractivity contribution in [2.24, 2.45) is 5.92 Å². The minimum atomic E-state index is -0.903. The van der Waals surface area contributed by atoms with Gasteiger partial charge in [-0.05, 0) is 22.3 Å². The predicted molar refractivity (Wildman–Crippen MR) is 116 cm³/mol. The van der Waals surface area contributed by atoms with Gasteiger partial charge in [0.1, 0.15) is 12.7 Å². The van der Waals surface area contributed by atoms with Gasteiger partial charge in [-0.15, -0.1) is 0 Å². The van der Waals surface area contributed by atoms with Crippen molar-refractivity contribution in [3.8, 4) is 11.1 Å². The number of rotatable bonds is 8. The molecule has 32 heavy (non-hydrogen) atoms. The summed E-state index contributed by atoms with van der Waals surface area (Å²) in [6.45, 7) is 0.801. The number of carbonyl (C=O) groups excluding carboxylic acids is 2. The lowest BCUT2D eigenvalue weighted by atomic mass is 9.98. The van der Waals surface area contributed by atoms with E-state index in [1.807, 2.05) is 24.3 Å². The Labute approximate surface area is 186 Å². The first-order chi connectivity index (χ1) is 15.5. The Balaban J connectivity index is 1.25. The number of methoxy groups -OCH3 is 1. The van der Waals surface area contributed by atoms with E-state index < -0.39 is 24.1 Å². The molecule has 2 aliphatic rings. The highest BCUT2D eigenvalue weighted by Crippen LogP contribution is 2.44. The number of carbonyl (C=O) groups is 3. The molecular weight excluding hydrogens is 412 g/mol. The van der Waals surface area contributed by atoms with Crippen LogP contribution in [0.15, 0.2) is 48.5 Å². The molecule has 1 atom stereocenters. The molecule has 0 spiro atoms. The molecule has 0 radical (unpaired) electrons. The van der Waals surface area contributed by atoms with Gasteiger partial charge in [0.2, 0.25) is 0 Å². The Kier molecular flexibility index (Phi) is 6.41. The van der Waals surface area contributed by atoms with Crippen LogP contribution in [0.5, 0.6) is 0 Å². The molecule has 2 amide bonds. The molecule has 8 nitrogen and oxygen atoms in total. The van der Waals surface area contributed by atoms with Crippen LogP contribution in [0.25, 0.3) is 11.1 Å². The van der Waals surface area contributed by atoms with Gasteiger partial charge in [-0.1, -0.05) is 48.5 Å². The summed E-state index contributed by atoms with van der Waals surface area (Å²) < 4.78 is 10.7. The van der Waals surface area contributed by atoms with Gasteiger partial charge >= 0.3 is 12.1 Å². The normalized spacial score (nSPS) is 16.0. The number of aliphatic carboxylic acids is 1. The Morgan fingerprint density at radius 2 is 1.66 bits per heavy atom. The van der Waals surface area contributed by atoms with Gasteiger partial charge in [-0.2, -0.15) is 0 Å². The molecule has 1 unspecified atom stereocenters. The highest BCUT2D eigenvalue weighted by atomic mass is 16.5. The maximum atomic E-state index is 12.4. The number of carboxylic acid groups (broad SMARTS) is 1. The molecule has 0 saturated carbocycles. The summed E-state index contributed by atoms with van der Waals surface area (Å²) in [6, 6.07) is 16.2. The molecule has 1 saturated heterocycles. The van der Waals surface area contributed by atoms with E-state index in [0.717, 1.165) is 22.3 Å². The van der Waals surface area contributed by atoms with Gasteiger partial charge in [-0.25, -0.2) is 4.79 Å². The molecule has 168 valence electrons. The topological polar surface area (TPSA) is 105 Å². The number of ether oxygens (including phenoxy) is 2. The monoisotopic (exact) mass is 438 g/mol. The van der Waals surface area contributed by atoms with Crippen LogP contribution < -0.4 is 5.32 Å². The molecule has 1 heterocycles. The average Bonchev–Trinajstić information content (AvgIpc) is 3.07. The highest BCUT2D eigenvalue weighted by molar-refractivity contribution is 5.84. The van der Waals surface area contributed by atoms with E-state index in [-0.39, 0.29) is 44.5 Å². The van der Waals surface area contributed by atoms with Crippen molar-refractivity contribution >= 4 is 18.0 Å². The van der Waals surface area contributed by atoms with E-state index in [1.54, 1.807) is 0 Å². The lowest BCUT2D eigenvalue weighted by Gasteiger charge is -2.38. The van der Waals surface area contributed by atoms with Crippen LogP contribution in [0.1, 0.15) is 23.5 Å². The maximum Gasteiger partial charge on any atom is 0.407 e. The minimum Gasteiger partial charge on any atom is -0.481 e. The number of carboxylic acids is 1. The molecule has 1 fully saturated rings. The van der Waals surface area contributed by atoms with Crippen molar-refractivity contribution < 1.29 is 29.0 Å². The summed E-state index contributed by atoms with van der Waals surface area (Å²) in [5.41, 5.74) is 4.60. The number of fused-ring (bicyclic) bond motifs is 3. The lowest BCUT2D eigenvalue weighted by Crippen LogP contribution is -2.56. The number of amides is 2. The van der Waals surface area contributed by atoms with Crippen LogP contribution in [0.4, 0.5) is 4.79 Å². The quantitative estimate of drug-likeness (QED) is 0.656. The van der Waals surface area contributed by atoms with E-state index in [2.05, 4.69) is 29.6 Å². The third-order valence-electron chi connectivity index (χ3n) is 6.12. The van der Waals surface area contributed by atoms with E-state index in [4.69, 9.17) is 14.6 Å². The number of hydrogen-bond acceptors (Lipinski definition) is 5.